The van der Waals surface area contributed by atoms with Crippen LogP contribution < -0.4 is 9.47 Å². The maximum absolute atomic E-state index is 11.3. The molecule has 4 nitrogen and oxygen atoms in total. The summed E-state index contributed by atoms with van der Waals surface area (Å²) in [6.07, 6.45) is 0. The number of hydrogen-bond acceptors (Lipinski definition) is 4. The molecule has 2 aromatic carbocycles. The molecule has 2 rings (SSSR count). The maximum atomic E-state index is 11.3. The lowest BCUT2D eigenvalue weighted by molar-refractivity contribution is 0.0600. The molecule has 4 heteroatoms. The van der Waals surface area contributed by atoms with Crippen molar-refractivity contribution in [3.63, 3.8) is 0 Å². The molecule has 0 fully saturated rings. The van der Waals surface area contributed by atoms with Gasteiger partial charge in [0, 0.05) is 0 Å². The summed E-state index contributed by atoms with van der Waals surface area (Å²) in [6, 6.07) is 14.7. The van der Waals surface area contributed by atoms with E-state index in [9.17, 15) is 4.79 Å². The molecule has 0 amide bonds. The van der Waals surface area contributed by atoms with E-state index in [2.05, 4.69) is 4.74 Å². The maximum Gasteiger partial charge on any atom is 0.337 e. The first kappa shape index (κ1) is 14.9. The molecule has 0 aromatic heterocycles. The fourth-order valence-electron chi connectivity index (χ4n) is 1.76. The van der Waals surface area contributed by atoms with Crippen molar-refractivity contribution >= 4 is 5.97 Å². The first-order valence-corrected chi connectivity index (χ1v) is 6.69. The Bertz CT molecular complexity index is 573. The predicted molar refractivity (Wildman–Crippen MR) is 80.0 cm³/mol. The Hall–Kier alpha value is -2.49. The highest BCUT2D eigenvalue weighted by molar-refractivity contribution is 5.89. The van der Waals surface area contributed by atoms with Gasteiger partial charge in [0.1, 0.15) is 24.7 Å². The minimum Gasteiger partial charge on any atom is -0.490 e. The molecule has 0 aliphatic carbocycles. The van der Waals surface area contributed by atoms with Crippen LogP contribution in [0.2, 0.25) is 0 Å². The van der Waals surface area contributed by atoms with Crippen molar-refractivity contribution in [2.24, 2.45) is 0 Å². The summed E-state index contributed by atoms with van der Waals surface area (Å²) in [4.78, 5) is 11.3. The van der Waals surface area contributed by atoms with Gasteiger partial charge >= 0.3 is 5.97 Å². The SMILES string of the molecule is COC(=O)c1ccc(OCCOc2ccc(C)cc2)cc1. The number of hydrogen-bond donors (Lipinski definition) is 0. The third-order valence-electron chi connectivity index (χ3n) is 2.92. The Labute approximate surface area is 124 Å². The molecule has 0 heterocycles. The van der Waals surface area contributed by atoms with E-state index in [-0.39, 0.29) is 5.97 Å². The minimum atomic E-state index is -0.357. The van der Waals surface area contributed by atoms with E-state index in [0.29, 0.717) is 24.5 Å². The molecular weight excluding hydrogens is 268 g/mol. The normalized spacial score (nSPS) is 10.0. The van der Waals surface area contributed by atoms with Crippen LogP contribution in [0.15, 0.2) is 48.5 Å². The Morgan fingerprint density at radius 3 is 1.81 bits per heavy atom. The number of ether oxygens (including phenoxy) is 3. The van der Waals surface area contributed by atoms with Crippen LogP contribution >= 0.6 is 0 Å². The number of methoxy groups -OCH3 is 1. The Balaban J connectivity index is 1.75. The number of esters is 1. The molecule has 0 atom stereocenters. The molecule has 2 aromatic rings. The second-order valence-corrected chi connectivity index (χ2v) is 4.53. The third kappa shape index (κ3) is 4.53. The largest absolute Gasteiger partial charge is 0.490 e. The van der Waals surface area contributed by atoms with Crippen molar-refractivity contribution in [3.8, 4) is 11.5 Å². The molecule has 0 saturated carbocycles. The van der Waals surface area contributed by atoms with Gasteiger partial charge in [-0.3, -0.25) is 0 Å². The summed E-state index contributed by atoms with van der Waals surface area (Å²) in [7, 11) is 1.36. The zero-order valence-electron chi connectivity index (χ0n) is 12.2. The second-order valence-electron chi connectivity index (χ2n) is 4.53. The van der Waals surface area contributed by atoms with Gasteiger partial charge in [-0.2, -0.15) is 0 Å². The molecule has 0 N–H and O–H groups in total. The van der Waals surface area contributed by atoms with Gasteiger partial charge in [0.25, 0.3) is 0 Å². The van der Waals surface area contributed by atoms with E-state index >= 15 is 0 Å². The fraction of sp³-hybridized carbons (Fsp3) is 0.235. The molecule has 0 unspecified atom stereocenters. The van der Waals surface area contributed by atoms with Crippen LogP contribution in [0.4, 0.5) is 0 Å². The zero-order chi connectivity index (χ0) is 15.1. The summed E-state index contributed by atoms with van der Waals surface area (Å²) < 4.78 is 15.7. The van der Waals surface area contributed by atoms with E-state index in [4.69, 9.17) is 9.47 Å². The Kier molecular flexibility index (Phi) is 5.21. The average molecular weight is 286 g/mol. The van der Waals surface area contributed by atoms with Gasteiger partial charge in [-0.25, -0.2) is 4.79 Å². The Morgan fingerprint density at radius 2 is 1.33 bits per heavy atom. The molecule has 0 spiro atoms. The van der Waals surface area contributed by atoms with Crippen LogP contribution in [-0.4, -0.2) is 26.3 Å². The lowest BCUT2D eigenvalue weighted by atomic mass is 10.2. The van der Waals surface area contributed by atoms with Crippen molar-refractivity contribution in [1.82, 2.24) is 0 Å². The zero-order valence-corrected chi connectivity index (χ0v) is 12.2. The second kappa shape index (κ2) is 7.33. The van der Waals surface area contributed by atoms with Crippen LogP contribution in [0.25, 0.3) is 0 Å². The molecular formula is C17H18O4. The smallest absolute Gasteiger partial charge is 0.337 e. The van der Waals surface area contributed by atoms with Crippen LogP contribution in [-0.2, 0) is 4.74 Å². The predicted octanol–water partition coefficient (Wildman–Crippen LogP) is 3.24. The molecule has 0 saturated heterocycles. The summed E-state index contributed by atoms with van der Waals surface area (Å²) in [5.41, 5.74) is 1.70. The van der Waals surface area contributed by atoms with E-state index in [1.165, 1.54) is 12.7 Å². The topological polar surface area (TPSA) is 44.8 Å². The summed E-state index contributed by atoms with van der Waals surface area (Å²) in [6.45, 7) is 2.93. The number of rotatable bonds is 6. The third-order valence-corrected chi connectivity index (χ3v) is 2.92. The van der Waals surface area contributed by atoms with Gasteiger partial charge in [0.05, 0.1) is 12.7 Å². The van der Waals surface area contributed by atoms with Crippen LogP contribution in [0.3, 0.4) is 0 Å². The van der Waals surface area contributed by atoms with Gasteiger partial charge in [-0.05, 0) is 43.3 Å². The Morgan fingerprint density at radius 1 is 0.857 bits per heavy atom. The van der Waals surface area contributed by atoms with Crippen molar-refractivity contribution in [2.75, 3.05) is 20.3 Å². The van der Waals surface area contributed by atoms with Crippen LogP contribution in [0, 0.1) is 6.92 Å². The quantitative estimate of drug-likeness (QED) is 0.604. The average Bonchev–Trinajstić information content (AvgIpc) is 2.53. The van der Waals surface area contributed by atoms with Gasteiger partial charge in [0.15, 0.2) is 0 Å². The van der Waals surface area contributed by atoms with Gasteiger partial charge in [-0.15, -0.1) is 0 Å². The highest BCUT2D eigenvalue weighted by Gasteiger charge is 2.04. The summed E-state index contributed by atoms with van der Waals surface area (Å²) in [5.74, 6) is 1.16. The standard InChI is InChI=1S/C17H18O4/c1-13-3-7-15(8-4-13)20-11-12-21-16-9-5-14(6-10-16)17(18)19-2/h3-10H,11-12H2,1-2H3. The molecule has 0 aliphatic heterocycles. The van der Waals surface area contributed by atoms with Gasteiger partial charge in [-0.1, -0.05) is 17.7 Å². The molecule has 21 heavy (non-hydrogen) atoms. The summed E-state index contributed by atoms with van der Waals surface area (Å²) in [5, 5.41) is 0. The van der Waals surface area contributed by atoms with E-state index < -0.39 is 0 Å². The van der Waals surface area contributed by atoms with Crippen molar-refractivity contribution in [3.05, 3.63) is 59.7 Å². The van der Waals surface area contributed by atoms with Crippen LogP contribution in [0.1, 0.15) is 15.9 Å². The number of carbonyl (C=O) groups is 1. The number of carbonyl (C=O) groups excluding carboxylic acids is 1. The molecule has 0 bridgehead atoms. The van der Waals surface area contributed by atoms with Crippen molar-refractivity contribution in [2.45, 2.75) is 6.92 Å². The van der Waals surface area contributed by atoms with Crippen molar-refractivity contribution < 1.29 is 19.0 Å². The molecule has 0 radical (unpaired) electrons. The lowest BCUT2D eigenvalue weighted by Gasteiger charge is -2.09. The van der Waals surface area contributed by atoms with Gasteiger partial charge in [0.2, 0.25) is 0 Å². The van der Waals surface area contributed by atoms with E-state index in [1.54, 1.807) is 24.3 Å². The molecule has 110 valence electrons. The highest BCUT2D eigenvalue weighted by atomic mass is 16.5. The van der Waals surface area contributed by atoms with Crippen LogP contribution in [0.5, 0.6) is 11.5 Å². The minimum absolute atomic E-state index is 0.357. The monoisotopic (exact) mass is 286 g/mol. The van der Waals surface area contributed by atoms with E-state index in [0.717, 1.165) is 5.75 Å². The molecule has 0 aliphatic rings. The first-order valence-electron chi connectivity index (χ1n) is 6.69. The fourth-order valence-corrected chi connectivity index (χ4v) is 1.76. The number of benzene rings is 2. The summed E-state index contributed by atoms with van der Waals surface area (Å²) >= 11 is 0. The number of aryl methyl sites for hydroxylation is 1. The van der Waals surface area contributed by atoms with E-state index in [1.807, 2.05) is 31.2 Å². The lowest BCUT2D eigenvalue weighted by Crippen LogP contribution is -2.09. The van der Waals surface area contributed by atoms with Crippen molar-refractivity contribution in [1.29, 1.82) is 0 Å². The first-order chi connectivity index (χ1) is 10.2. The highest BCUT2D eigenvalue weighted by Crippen LogP contribution is 2.14. The van der Waals surface area contributed by atoms with Gasteiger partial charge < -0.3 is 14.2 Å².